The first kappa shape index (κ1) is 8.79. The second kappa shape index (κ2) is 3.17. The fraction of sp³-hybridized carbons (Fsp3) is 1.00. The number of halogens is 1. The predicted molar refractivity (Wildman–Crippen MR) is 49.6 cm³/mol. The van der Waals surface area contributed by atoms with Crippen LogP contribution in [-0.2, 0) is 4.74 Å². The number of rotatable bonds is 2. The van der Waals surface area contributed by atoms with Crippen molar-refractivity contribution in [2.24, 2.45) is 11.3 Å². The molecular weight excluding hydrogens is 174 g/mol. The number of ether oxygens (including phenoxy) is 1. The summed E-state index contributed by atoms with van der Waals surface area (Å²) < 4.78 is 5.27. The molecule has 0 aromatic heterocycles. The third-order valence-corrected chi connectivity index (χ3v) is 3.83. The predicted octanol–water partition coefficient (Wildman–Crippen LogP) is 1.19. The molecule has 0 radical (unpaired) electrons. The molecule has 2 aliphatic heterocycles. The molecule has 0 N–H and O–H groups in total. The summed E-state index contributed by atoms with van der Waals surface area (Å²) in [5.74, 6) is 1.54. The summed E-state index contributed by atoms with van der Waals surface area (Å²) in [7, 11) is 2.18. The van der Waals surface area contributed by atoms with E-state index in [1.165, 1.54) is 19.5 Å². The Morgan fingerprint density at radius 2 is 2.33 bits per heavy atom. The van der Waals surface area contributed by atoms with Gasteiger partial charge in [-0.3, -0.25) is 0 Å². The van der Waals surface area contributed by atoms with Gasteiger partial charge < -0.3 is 9.64 Å². The second-order valence-corrected chi connectivity index (χ2v) is 4.50. The average molecular weight is 190 g/mol. The SMILES string of the molecule is CN1CCC(C2(CCl)COC2)C1. The van der Waals surface area contributed by atoms with E-state index in [9.17, 15) is 0 Å². The molecule has 2 saturated heterocycles. The Hall–Kier alpha value is 0.210. The van der Waals surface area contributed by atoms with Gasteiger partial charge in [0.05, 0.1) is 13.2 Å². The Balaban J connectivity index is 1.98. The fourth-order valence-electron chi connectivity index (χ4n) is 2.22. The van der Waals surface area contributed by atoms with E-state index >= 15 is 0 Å². The van der Waals surface area contributed by atoms with E-state index in [1.54, 1.807) is 0 Å². The van der Waals surface area contributed by atoms with Crippen molar-refractivity contribution in [3.05, 3.63) is 0 Å². The van der Waals surface area contributed by atoms with Gasteiger partial charge >= 0.3 is 0 Å². The quantitative estimate of drug-likeness (QED) is 0.606. The third-order valence-electron chi connectivity index (χ3n) is 3.30. The highest BCUT2D eigenvalue weighted by molar-refractivity contribution is 6.18. The van der Waals surface area contributed by atoms with E-state index in [0.29, 0.717) is 5.41 Å². The third kappa shape index (κ3) is 1.26. The normalized spacial score (nSPS) is 35.0. The lowest BCUT2D eigenvalue weighted by Crippen LogP contribution is -2.50. The zero-order valence-electron chi connectivity index (χ0n) is 7.55. The molecule has 2 nitrogen and oxygen atoms in total. The Kier molecular flexibility index (Phi) is 2.32. The molecule has 3 heteroatoms. The largest absolute Gasteiger partial charge is 0.380 e. The van der Waals surface area contributed by atoms with Crippen molar-refractivity contribution in [3.63, 3.8) is 0 Å². The van der Waals surface area contributed by atoms with Crippen molar-refractivity contribution in [3.8, 4) is 0 Å². The van der Waals surface area contributed by atoms with E-state index in [0.717, 1.165) is 25.0 Å². The summed E-state index contributed by atoms with van der Waals surface area (Å²) >= 11 is 5.99. The zero-order chi connectivity index (χ0) is 8.60. The van der Waals surface area contributed by atoms with Gasteiger partial charge in [0.25, 0.3) is 0 Å². The molecule has 2 heterocycles. The maximum absolute atomic E-state index is 5.99. The molecule has 0 bridgehead atoms. The highest BCUT2D eigenvalue weighted by Gasteiger charge is 2.46. The number of hydrogen-bond donors (Lipinski definition) is 0. The first-order chi connectivity index (χ1) is 5.77. The summed E-state index contributed by atoms with van der Waals surface area (Å²) in [6.07, 6.45) is 1.30. The summed E-state index contributed by atoms with van der Waals surface area (Å²) in [5.41, 5.74) is 0.326. The molecule has 2 fully saturated rings. The minimum atomic E-state index is 0.326. The van der Waals surface area contributed by atoms with Crippen LogP contribution in [-0.4, -0.2) is 44.1 Å². The topological polar surface area (TPSA) is 12.5 Å². The second-order valence-electron chi connectivity index (χ2n) is 4.24. The molecule has 0 aromatic rings. The Bertz CT molecular complexity index is 164. The molecule has 70 valence electrons. The first-order valence-electron chi connectivity index (χ1n) is 4.59. The van der Waals surface area contributed by atoms with Crippen molar-refractivity contribution in [1.29, 1.82) is 0 Å². The molecule has 0 aliphatic carbocycles. The lowest BCUT2D eigenvalue weighted by molar-refractivity contribution is -0.129. The van der Waals surface area contributed by atoms with Gasteiger partial charge in [-0.25, -0.2) is 0 Å². The number of likely N-dealkylation sites (tertiary alicyclic amines) is 1. The van der Waals surface area contributed by atoms with Crippen molar-refractivity contribution < 1.29 is 4.74 Å². The van der Waals surface area contributed by atoms with Crippen molar-refractivity contribution in [2.45, 2.75) is 6.42 Å². The van der Waals surface area contributed by atoms with Crippen LogP contribution in [0.4, 0.5) is 0 Å². The van der Waals surface area contributed by atoms with Gasteiger partial charge in [0, 0.05) is 17.8 Å². The minimum Gasteiger partial charge on any atom is -0.380 e. The molecule has 0 amide bonds. The van der Waals surface area contributed by atoms with Crippen LogP contribution in [0.2, 0.25) is 0 Å². The lowest BCUT2D eigenvalue weighted by atomic mass is 9.75. The molecule has 0 spiro atoms. The molecule has 2 rings (SSSR count). The van der Waals surface area contributed by atoms with E-state index < -0.39 is 0 Å². The molecule has 0 aromatic carbocycles. The lowest BCUT2D eigenvalue weighted by Gasteiger charge is -2.44. The summed E-state index contributed by atoms with van der Waals surface area (Å²) in [5, 5.41) is 0. The Morgan fingerprint density at radius 1 is 1.58 bits per heavy atom. The summed E-state index contributed by atoms with van der Waals surface area (Å²) in [6, 6.07) is 0. The average Bonchev–Trinajstić information content (AvgIpc) is 2.35. The molecule has 0 saturated carbocycles. The van der Waals surface area contributed by atoms with Gasteiger partial charge in [-0.05, 0) is 25.9 Å². The highest BCUT2D eigenvalue weighted by atomic mass is 35.5. The van der Waals surface area contributed by atoms with Crippen LogP contribution in [0, 0.1) is 11.3 Å². The molecular formula is C9H16ClNO. The van der Waals surface area contributed by atoms with Gasteiger partial charge in [0.2, 0.25) is 0 Å². The van der Waals surface area contributed by atoms with Crippen LogP contribution in [0.15, 0.2) is 0 Å². The molecule has 1 atom stereocenters. The number of nitrogens with zero attached hydrogens (tertiary/aromatic N) is 1. The van der Waals surface area contributed by atoms with Gasteiger partial charge in [0.15, 0.2) is 0 Å². The van der Waals surface area contributed by atoms with Crippen LogP contribution < -0.4 is 0 Å². The van der Waals surface area contributed by atoms with Gasteiger partial charge in [0.1, 0.15) is 0 Å². The van der Waals surface area contributed by atoms with E-state index in [-0.39, 0.29) is 0 Å². The maximum Gasteiger partial charge on any atom is 0.0559 e. The van der Waals surface area contributed by atoms with Crippen molar-refractivity contribution in [1.82, 2.24) is 4.90 Å². The highest BCUT2D eigenvalue weighted by Crippen LogP contribution is 2.41. The zero-order valence-corrected chi connectivity index (χ0v) is 8.31. The van der Waals surface area contributed by atoms with Crippen LogP contribution in [0.5, 0.6) is 0 Å². The van der Waals surface area contributed by atoms with E-state index in [4.69, 9.17) is 16.3 Å². The molecule has 2 aliphatic rings. The van der Waals surface area contributed by atoms with Crippen LogP contribution in [0.3, 0.4) is 0 Å². The summed E-state index contributed by atoms with van der Waals surface area (Å²) in [4.78, 5) is 2.39. The smallest absolute Gasteiger partial charge is 0.0559 e. The van der Waals surface area contributed by atoms with Crippen LogP contribution >= 0.6 is 11.6 Å². The van der Waals surface area contributed by atoms with Crippen LogP contribution in [0.25, 0.3) is 0 Å². The van der Waals surface area contributed by atoms with Gasteiger partial charge in [-0.15, -0.1) is 11.6 Å². The minimum absolute atomic E-state index is 0.326. The van der Waals surface area contributed by atoms with Gasteiger partial charge in [-0.1, -0.05) is 0 Å². The monoisotopic (exact) mass is 189 g/mol. The molecule has 1 unspecified atom stereocenters. The summed E-state index contributed by atoms with van der Waals surface area (Å²) in [6.45, 7) is 4.20. The fourth-order valence-corrected chi connectivity index (χ4v) is 2.59. The number of hydrogen-bond acceptors (Lipinski definition) is 2. The van der Waals surface area contributed by atoms with E-state index in [2.05, 4.69) is 11.9 Å². The number of alkyl halides is 1. The molecule has 12 heavy (non-hydrogen) atoms. The van der Waals surface area contributed by atoms with Crippen molar-refractivity contribution >= 4 is 11.6 Å². The Morgan fingerprint density at radius 3 is 2.67 bits per heavy atom. The maximum atomic E-state index is 5.99. The Labute approximate surface area is 78.8 Å². The van der Waals surface area contributed by atoms with Crippen LogP contribution in [0.1, 0.15) is 6.42 Å². The van der Waals surface area contributed by atoms with Gasteiger partial charge in [-0.2, -0.15) is 0 Å². The van der Waals surface area contributed by atoms with Crippen molar-refractivity contribution in [2.75, 3.05) is 39.2 Å². The standard InChI is InChI=1S/C9H16ClNO/c1-11-3-2-8(4-11)9(5-10)6-12-7-9/h8H,2-7H2,1H3. The first-order valence-corrected chi connectivity index (χ1v) is 5.12. The van der Waals surface area contributed by atoms with E-state index in [1.807, 2.05) is 0 Å².